The van der Waals surface area contributed by atoms with Crippen LogP contribution in [0.15, 0.2) is 168 Å². The topological polar surface area (TPSA) is 43.9 Å². The maximum Gasteiger partial charge on any atom is 0.235 e. The minimum atomic E-state index is 0.610. The molecular formula is C46H31N3O. The Morgan fingerprint density at radius 3 is 1.72 bits per heavy atom. The molecule has 0 atom stereocenters. The van der Waals surface area contributed by atoms with Crippen LogP contribution < -0.4 is 0 Å². The number of furan rings is 1. The van der Waals surface area contributed by atoms with Crippen molar-refractivity contribution in [2.75, 3.05) is 0 Å². The average molecular weight is 642 g/mol. The summed E-state index contributed by atoms with van der Waals surface area (Å²) in [7, 11) is 0. The largest absolute Gasteiger partial charge is 0.454 e. The van der Waals surface area contributed by atoms with E-state index in [-0.39, 0.29) is 0 Å². The summed E-state index contributed by atoms with van der Waals surface area (Å²) in [4.78, 5) is 10.6. The lowest BCUT2D eigenvalue weighted by atomic mass is 9.87. The maximum absolute atomic E-state index is 6.80. The van der Waals surface area contributed by atoms with E-state index in [1.165, 1.54) is 22.3 Å². The molecule has 0 spiro atoms. The van der Waals surface area contributed by atoms with Gasteiger partial charge in [-0.1, -0.05) is 140 Å². The van der Waals surface area contributed by atoms with Crippen molar-refractivity contribution in [1.82, 2.24) is 14.5 Å². The predicted octanol–water partition coefficient (Wildman–Crippen LogP) is 12.1. The Hall–Kier alpha value is -6.52. The Morgan fingerprint density at radius 1 is 0.500 bits per heavy atom. The summed E-state index contributed by atoms with van der Waals surface area (Å²) in [6.07, 6.45) is 6.54. The van der Waals surface area contributed by atoms with Crippen LogP contribution >= 0.6 is 0 Å². The van der Waals surface area contributed by atoms with Gasteiger partial charge in [-0.3, -0.25) is 4.57 Å². The highest BCUT2D eigenvalue weighted by Crippen LogP contribution is 2.45. The third kappa shape index (κ3) is 4.61. The SMILES string of the molecule is C1=C(c2ccccc2)CCC(c2cc3c4ccccc4oc3c3c2c2ccccc2n3-c2nc(-c3ccccc3)cc(-c3ccccc3)n2)=C1. The first-order valence-corrected chi connectivity index (χ1v) is 17.1. The summed E-state index contributed by atoms with van der Waals surface area (Å²) < 4.78 is 9.03. The number of rotatable bonds is 5. The molecule has 3 aromatic heterocycles. The molecule has 1 aliphatic carbocycles. The first kappa shape index (κ1) is 28.5. The highest BCUT2D eigenvalue weighted by molar-refractivity contribution is 6.24. The summed E-state index contributed by atoms with van der Waals surface area (Å²) in [6.45, 7) is 0. The molecule has 3 heterocycles. The summed E-state index contributed by atoms with van der Waals surface area (Å²) in [6, 6.07) is 52.8. The van der Waals surface area contributed by atoms with Crippen molar-refractivity contribution in [3.05, 3.63) is 175 Å². The van der Waals surface area contributed by atoms with Crippen LogP contribution in [-0.2, 0) is 0 Å². The molecule has 9 aromatic rings. The Balaban J connectivity index is 1.32. The van der Waals surface area contributed by atoms with Crippen LogP contribution in [0, 0.1) is 0 Å². The molecule has 0 bridgehead atoms. The van der Waals surface area contributed by atoms with E-state index in [0.29, 0.717) is 5.95 Å². The third-order valence-electron chi connectivity index (χ3n) is 9.98. The third-order valence-corrected chi connectivity index (χ3v) is 9.98. The van der Waals surface area contributed by atoms with E-state index in [0.717, 1.165) is 79.1 Å². The molecule has 0 N–H and O–H groups in total. The van der Waals surface area contributed by atoms with Crippen LogP contribution in [0.4, 0.5) is 0 Å². The van der Waals surface area contributed by atoms with Gasteiger partial charge in [0, 0.05) is 32.7 Å². The molecule has 1 aliphatic rings. The van der Waals surface area contributed by atoms with E-state index in [9.17, 15) is 0 Å². The van der Waals surface area contributed by atoms with Crippen LogP contribution in [0.25, 0.3) is 83.4 Å². The Kier molecular flexibility index (Phi) is 6.59. The van der Waals surface area contributed by atoms with Crippen LogP contribution in [0.5, 0.6) is 0 Å². The number of benzene rings is 6. The van der Waals surface area contributed by atoms with Gasteiger partial charge in [-0.05, 0) is 59.4 Å². The molecule has 0 amide bonds. The molecule has 0 unspecified atom stereocenters. The van der Waals surface area contributed by atoms with Crippen LogP contribution in [0.3, 0.4) is 0 Å². The van der Waals surface area contributed by atoms with Gasteiger partial charge in [-0.25, -0.2) is 9.97 Å². The van der Waals surface area contributed by atoms with E-state index >= 15 is 0 Å². The second-order valence-corrected chi connectivity index (χ2v) is 12.9. The first-order chi connectivity index (χ1) is 24.8. The first-order valence-electron chi connectivity index (χ1n) is 17.1. The Bertz CT molecular complexity index is 2730. The number of hydrogen-bond donors (Lipinski definition) is 0. The zero-order valence-corrected chi connectivity index (χ0v) is 27.3. The molecule has 50 heavy (non-hydrogen) atoms. The molecule has 236 valence electrons. The second-order valence-electron chi connectivity index (χ2n) is 12.9. The molecule has 0 radical (unpaired) electrons. The Morgan fingerprint density at radius 2 is 1.06 bits per heavy atom. The highest BCUT2D eigenvalue weighted by Gasteiger charge is 2.25. The number of nitrogens with zero attached hydrogens (tertiary/aromatic N) is 3. The van der Waals surface area contributed by atoms with Crippen LogP contribution in [-0.4, -0.2) is 14.5 Å². The maximum atomic E-state index is 6.80. The van der Waals surface area contributed by atoms with E-state index in [1.807, 2.05) is 18.2 Å². The molecule has 0 saturated heterocycles. The number of allylic oxidation sites excluding steroid dienone is 4. The van der Waals surface area contributed by atoms with Gasteiger partial charge in [0.2, 0.25) is 5.95 Å². The van der Waals surface area contributed by atoms with E-state index in [4.69, 9.17) is 14.4 Å². The molecule has 0 aliphatic heterocycles. The zero-order valence-electron chi connectivity index (χ0n) is 27.3. The molecule has 0 fully saturated rings. The van der Waals surface area contributed by atoms with Gasteiger partial charge in [0.1, 0.15) is 11.1 Å². The van der Waals surface area contributed by atoms with Crippen LogP contribution in [0.2, 0.25) is 0 Å². The summed E-state index contributed by atoms with van der Waals surface area (Å²) in [5.74, 6) is 0.610. The summed E-state index contributed by atoms with van der Waals surface area (Å²) in [5.41, 5.74) is 12.7. The number of para-hydroxylation sites is 2. The minimum absolute atomic E-state index is 0.610. The fraction of sp³-hybridized carbons (Fsp3) is 0.0435. The molecule has 4 heteroatoms. The summed E-state index contributed by atoms with van der Waals surface area (Å²) in [5, 5.41) is 4.50. The Labute approximate surface area is 289 Å². The quantitative estimate of drug-likeness (QED) is 0.188. The van der Waals surface area contributed by atoms with E-state index < -0.39 is 0 Å². The van der Waals surface area contributed by atoms with Crippen molar-refractivity contribution in [3.63, 3.8) is 0 Å². The molecule has 6 aromatic carbocycles. The van der Waals surface area contributed by atoms with Gasteiger partial charge >= 0.3 is 0 Å². The molecule has 10 rings (SSSR count). The van der Waals surface area contributed by atoms with Crippen LogP contribution in [0.1, 0.15) is 24.0 Å². The smallest absolute Gasteiger partial charge is 0.235 e. The van der Waals surface area contributed by atoms with Gasteiger partial charge in [0.25, 0.3) is 0 Å². The summed E-state index contributed by atoms with van der Waals surface area (Å²) >= 11 is 0. The fourth-order valence-electron chi connectivity index (χ4n) is 7.59. The van der Waals surface area contributed by atoms with Crippen molar-refractivity contribution >= 4 is 54.9 Å². The second kappa shape index (κ2) is 11.6. The van der Waals surface area contributed by atoms with E-state index in [2.05, 4.69) is 150 Å². The number of fused-ring (bicyclic) bond motifs is 7. The van der Waals surface area contributed by atoms with Crippen molar-refractivity contribution in [2.45, 2.75) is 12.8 Å². The highest BCUT2D eigenvalue weighted by atomic mass is 16.3. The predicted molar refractivity (Wildman–Crippen MR) is 206 cm³/mol. The number of aromatic nitrogens is 3. The lowest BCUT2D eigenvalue weighted by molar-refractivity contribution is 0.670. The minimum Gasteiger partial charge on any atom is -0.454 e. The monoisotopic (exact) mass is 641 g/mol. The normalized spacial score (nSPS) is 13.3. The van der Waals surface area contributed by atoms with Gasteiger partial charge < -0.3 is 4.42 Å². The average Bonchev–Trinajstić information content (AvgIpc) is 3.75. The zero-order chi connectivity index (χ0) is 33.0. The lowest BCUT2D eigenvalue weighted by Crippen LogP contribution is -2.04. The molecular weight excluding hydrogens is 611 g/mol. The van der Waals surface area contributed by atoms with Crippen molar-refractivity contribution in [2.24, 2.45) is 0 Å². The van der Waals surface area contributed by atoms with Crippen molar-refractivity contribution < 1.29 is 4.42 Å². The molecule has 0 saturated carbocycles. The van der Waals surface area contributed by atoms with Gasteiger partial charge in [-0.2, -0.15) is 0 Å². The standard InChI is InChI=1S/C46H31N3O/c1-4-14-30(15-5-1)31-24-26-32(27-25-31)37-28-38-35-20-11-13-23-42(35)50-45(38)44-43(37)36-21-10-12-22-41(36)49(44)46-47-39(33-16-6-2-7-17-33)29-40(48-46)34-18-8-3-9-19-34/h1-24,26,28-29H,25,27H2. The van der Waals surface area contributed by atoms with Gasteiger partial charge in [0.15, 0.2) is 5.58 Å². The van der Waals surface area contributed by atoms with Gasteiger partial charge in [0.05, 0.1) is 16.9 Å². The van der Waals surface area contributed by atoms with Crippen molar-refractivity contribution in [1.29, 1.82) is 0 Å². The fourth-order valence-corrected chi connectivity index (χ4v) is 7.59. The van der Waals surface area contributed by atoms with Gasteiger partial charge in [-0.15, -0.1) is 0 Å². The lowest BCUT2D eigenvalue weighted by Gasteiger charge is -2.17. The van der Waals surface area contributed by atoms with Crippen molar-refractivity contribution in [3.8, 4) is 28.5 Å². The molecule has 4 nitrogen and oxygen atoms in total. The number of hydrogen-bond acceptors (Lipinski definition) is 3. The van der Waals surface area contributed by atoms with E-state index in [1.54, 1.807) is 0 Å².